The summed E-state index contributed by atoms with van der Waals surface area (Å²) in [5.41, 5.74) is 1.01. The molecule has 0 radical (unpaired) electrons. The maximum absolute atomic E-state index is 6.02. The van der Waals surface area contributed by atoms with Gasteiger partial charge in [0.2, 0.25) is 0 Å². The molecule has 1 fully saturated rings. The fourth-order valence-corrected chi connectivity index (χ4v) is 2.78. The van der Waals surface area contributed by atoms with Crippen LogP contribution in [0.4, 0.5) is 0 Å². The number of nitrogens with one attached hydrogen (secondary N) is 2. The van der Waals surface area contributed by atoms with Gasteiger partial charge < -0.3 is 10.6 Å². The van der Waals surface area contributed by atoms with Crippen molar-refractivity contribution in [2.24, 2.45) is 4.99 Å². The second kappa shape index (κ2) is 5.25. The van der Waals surface area contributed by atoms with E-state index in [-0.39, 0.29) is 0 Å². The Labute approximate surface area is 109 Å². The van der Waals surface area contributed by atoms with E-state index >= 15 is 0 Å². The SMILES string of the molecule is CN=C(NCc1cc(Cl)sc1Cl)NC1CC1. The summed E-state index contributed by atoms with van der Waals surface area (Å²) in [6, 6.07) is 2.47. The first kappa shape index (κ1) is 12.0. The fourth-order valence-electron chi connectivity index (χ4n) is 1.29. The molecule has 0 aromatic carbocycles. The molecule has 1 aromatic rings. The summed E-state index contributed by atoms with van der Waals surface area (Å²) < 4.78 is 1.45. The van der Waals surface area contributed by atoms with Crippen molar-refractivity contribution >= 4 is 40.5 Å². The van der Waals surface area contributed by atoms with Crippen molar-refractivity contribution in [1.82, 2.24) is 10.6 Å². The molecule has 2 rings (SSSR count). The van der Waals surface area contributed by atoms with E-state index in [0.29, 0.717) is 16.9 Å². The molecule has 0 unspecified atom stereocenters. The fraction of sp³-hybridized carbons (Fsp3) is 0.500. The van der Waals surface area contributed by atoms with Gasteiger partial charge in [-0.25, -0.2) is 0 Å². The topological polar surface area (TPSA) is 36.4 Å². The van der Waals surface area contributed by atoms with Crippen molar-refractivity contribution in [3.63, 3.8) is 0 Å². The van der Waals surface area contributed by atoms with Crippen molar-refractivity contribution in [2.45, 2.75) is 25.4 Å². The molecular weight excluding hydrogens is 265 g/mol. The normalized spacial score (nSPS) is 16.3. The van der Waals surface area contributed by atoms with Crippen LogP contribution in [0, 0.1) is 0 Å². The lowest BCUT2D eigenvalue weighted by Crippen LogP contribution is -2.37. The smallest absolute Gasteiger partial charge is 0.191 e. The van der Waals surface area contributed by atoms with Crippen LogP contribution in [0.5, 0.6) is 0 Å². The van der Waals surface area contributed by atoms with E-state index in [1.54, 1.807) is 7.05 Å². The van der Waals surface area contributed by atoms with Crippen LogP contribution in [0.15, 0.2) is 11.1 Å². The minimum Gasteiger partial charge on any atom is -0.354 e. The number of guanidine groups is 1. The molecule has 0 spiro atoms. The number of nitrogens with zero attached hydrogens (tertiary/aromatic N) is 1. The van der Waals surface area contributed by atoms with Crippen LogP contribution >= 0.6 is 34.5 Å². The third-order valence-corrected chi connectivity index (χ3v) is 3.88. The lowest BCUT2D eigenvalue weighted by atomic mass is 10.3. The molecule has 1 aliphatic rings. The monoisotopic (exact) mass is 277 g/mol. The molecule has 0 bridgehead atoms. The van der Waals surface area contributed by atoms with Gasteiger partial charge in [-0.3, -0.25) is 4.99 Å². The predicted octanol–water partition coefficient (Wildman–Crippen LogP) is 2.88. The molecule has 1 heterocycles. The van der Waals surface area contributed by atoms with E-state index in [0.717, 1.165) is 15.9 Å². The molecule has 0 atom stereocenters. The molecule has 0 amide bonds. The molecular formula is C10H13Cl2N3S. The first-order valence-corrected chi connectivity index (χ1v) is 6.67. The van der Waals surface area contributed by atoms with Gasteiger partial charge in [0.1, 0.15) is 0 Å². The Balaban J connectivity index is 1.87. The summed E-state index contributed by atoms with van der Waals surface area (Å²) in [6.07, 6.45) is 2.46. The summed E-state index contributed by atoms with van der Waals surface area (Å²) >= 11 is 13.3. The van der Waals surface area contributed by atoms with Crippen molar-refractivity contribution in [1.29, 1.82) is 0 Å². The average Bonchev–Trinajstić information content (AvgIpc) is 3.00. The molecule has 0 saturated heterocycles. The third kappa shape index (κ3) is 3.27. The largest absolute Gasteiger partial charge is 0.354 e. The lowest BCUT2D eigenvalue weighted by molar-refractivity contribution is 0.807. The molecule has 6 heteroatoms. The summed E-state index contributed by atoms with van der Waals surface area (Å²) in [7, 11) is 1.76. The van der Waals surface area contributed by atoms with Gasteiger partial charge in [-0.15, -0.1) is 11.3 Å². The highest BCUT2D eigenvalue weighted by molar-refractivity contribution is 7.20. The Morgan fingerprint density at radius 3 is 2.81 bits per heavy atom. The van der Waals surface area contributed by atoms with Crippen molar-refractivity contribution in [3.8, 4) is 0 Å². The molecule has 1 saturated carbocycles. The maximum Gasteiger partial charge on any atom is 0.191 e. The standard InChI is InChI=1S/C10H13Cl2N3S/c1-13-10(15-7-2-3-7)14-5-6-4-8(11)16-9(6)12/h4,7H,2-3,5H2,1H3,(H2,13,14,15). The van der Waals surface area contributed by atoms with Crippen LogP contribution in [0.2, 0.25) is 8.67 Å². The maximum atomic E-state index is 6.02. The van der Waals surface area contributed by atoms with E-state index in [2.05, 4.69) is 15.6 Å². The summed E-state index contributed by atoms with van der Waals surface area (Å²) in [5, 5.41) is 6.52. The van der Waals surface area contributed by atoms with Crippen LogP contribution in [0.1, 0.15) is 18.4 Å². The Hall–Kier alpha value is -0.450. The summed E-state index contributed by atoms with van der Waals surface area (Å²) in [4.78, 5) is 4.14. The Kier molecular flexibility index (Phi) is 3.95. The number of halogens is 2. The quantitative estimate of drug-likeness (QED) is 0.659. The highest BCUT2D eigenvalue weighted by Crippen LogP contribution is 2.30. The molecule has 3 nitrogen and oxygen atoms in total. The third-order valence-electron chi connectivity index (χ3n) is 2.32. The number of thiophene rings is 1. The summed E-state index contributed by atoms with van der Waals surface area (Å²) in [6.45, 7) is 0.647. The number of hydrogen-bond acceptors (Lipinski definition) is 2. The summed E-state index contributed by atoms with van der Waals surface area (Å²) in [5.74, 6) is 0.820. The van der Waals surface area contributed by atoms with E-state index in [1.165, 1.54) is 24.2 Å². The highest BCUT2D eigenvalue weighted by Gasteiger charge is 2.22. The Morgan fingerprint density at radius 1 is 1.56 bits per heavy atom. The van der Waals surface area contributed by atoms with Crippen molar-refractivity contribution in [3.05, 3.63) is 20.3 Å². The van der Waals surface area contributed by atoms with E-state index < -0.39 is 0 Å². The average molecular weight is 278 g/mol. The van der Waals surface area contributed by atoms with Crippen LogP contribution < -0.4 is 10.6 Å². The van der Waals surface area contributed by atoms with E-state index in [9.17, 15) is 0 Å². The zero-order valence-corrected chi connectivity index (χ0v) is 11.2. The second-order valence-electron chi connectivity index (χ2n) is 3.69. The van der Waals surface area contributed by atoms with E-state index in [4.69, 9.17) is 23.2 Å². The minimum atomic E-state index is 0.590. The van der Waals surface area contributed by atoms with Gasteiger partial charge in [-0.05, 0) is 18.9 Å². The molecule has 88 valence electrons. The zero-order valence-electron chi connectivity index (χ0n) is 8.89. The zero-order chi connectivity index (χ0) is 11.5. The molecule has 1 aromatic heterocycles. The van der Waals surface area contributed by atoms with Gasteiger partial charge in [0.15, 0.2) is 5.96 Å². The van der Waals surface area contributed by atoms with Gasteiger partial charge in [-0.2, -0.15) is 0 Å². The van der Waals surface area contributed by atoms with Gasteiger partial charge in [-0.1, -0.05) is 23.2 Å². The highest BCUT2D eigenvalue weighted by atomic mass is 35.5. The molecule has 0 aliphatic heterocycles. The number of rotatable bonds is 3. The van der Waals surface area contributed by atoms with Gasteiger partial charge in [0.25, 0.3) is 0 Å². The van der Waals surface area contributed by atoms with Crippen molar-refractivity contribution < 1.29 is 0 Å². The van der Waals surface area contributed by atoms with Gasteiger partial charge in [0, 0.05) is 25.2 Å². The molecule has 2 N–H and O–H groups in total. The molecule has 16 heavy (non-hydrogen) atoms. The number of hydrogen-bond donors (Lipinski definition) is 2. The van der Waals surface area contributed by atoms with Crippen LogP contribution in [-0.2, 0) is 6.54 Å². The van der Waals surface area contributed by atoms with Crippen LogP contribution in [-0.4, -0.2) is 19.0 Å². The Morgan fingerprint density at radius 2 is 2.31 bits per heavy atom. The van der Waals surface area contributed by atoms with Gasteiger partial charge in [0.05, 0.1) is 8.67 Å². The first-order valence-electron chi connectivity index (χ1n) is 5.10. The Bertz CT molecular complexity index is 399. The minimum absolute atomic E-state index is 0.590. The van der Waals surface area contributed by atoms with Crippen LogP contribution in [0.3, 0.4) is 0 Å². The van der Waals surface area contributed by atoms with Crippen molar-refractivity contribution in [2.75, 3.05) is 7.05 Å². The van der Waals surface area contributed by atoms with E-state index in [1.807, 2.05) is 6.07 Å². The first-order chi connectivity index (χ1) is 7.69. The second-order valence-corrected chi connectivity index (χ2v) is 5.98. The van der Waals surface area contributed by atoms with Crippen LogP contribution in [0.25, 0.3) is 0 Å². The molecule has 1 aliphatic carbocycles. The lowest BCUT2D eigenvalue weighted by Gasteiger charge is -2.10. The van der Waals surface area contributed by atoms with Gasteiger partial charge >= 0.3 is 0 Å². The number of aliphatic imine (C=N–C) groups is 1. The predicted molar refractivity (Wildman–Crippen MR) is 70.7 cm³/mol.